The molecule has 1 aromatic carbocycles. The van der Waals surface area contributed by atoms with E-state index in [9.17, 15) is 9.59 Å². The van der Waals surface area contributed by atoms with Gasteiger partial charge in [0.05, 0.1) is 5.56 Å². The van der Waals surface area contributed by atoms with Gasteiger partial charge in [-0.3, -0.25) is 14.3 Å². The van der Waals surface area contributed by atoms with Gasteiger partial charge < -0.3 is 15.5 Å². The number of nitrogens with two attached hydrogens (primary N) is 1. The second kappa shape index (κ2) is 7.26. The molecule has 0 spiro atoms. The second-order valence-corrected chi connectivity index (χ2v) is 6.75. The number of hydrogen-bond donors (Lipinski definition) is 1. The molecule has 1 atom stereocenters. The molecule has 28 heavy (non-hydrogen) atoms. The van der Waals surface area contributed by atoms with Crippen LogP contribution in [-0.2, 0) is 4.79 Å². The number of primary amides is 1. The summed E-state index contributed by atoms with van der Waals surface area (Å²) in [6, 6.07) is 6.54. The van der Waals surface area contributed by atoms with Gasteiger partial charge in [-0.2, -0.15) is 5.10 Å². The molecule has 1 fully saturated rings. The van der Waals surface area contributed by atoms with Gasteiger partial charge in [-0.15, -0.1) is 0 Å². The molecule has 9 nitrogen and oxygen atoms in total. The second-order valence-electron chi connectivity index (χ2n) is 6.75. The van der Waals surface area contributed by atoms with Crippen LogP contribution in [-0.4, -0.2) is 62.6 Å². The third-order valence-electron chi connectivity index (χ3n) is 5.00. The molecule has 1 aliphatic rings. The predicted molar refractivity (Wildman–Crippen MR) is 104 cm³/mol. The standard InChI is InChI=1S/C19H21N7O2/c1-13(26-12-14-4-2-5-15(17(20)27)16(14)23-26)18(28)24-8-10-25(11-9-24)19-21-6-3-7-22-19/h2-7,12-13H,8-11H2,1H3,(H2,20,27). The van der Waals surface area contributed by atoms with Gasteiger partial charge >= 0.3 is 0 Å². The Bertz CT molecular complexity index is 1010. The smallest absolute Gasteiger partial charge is 0.250 e. The number of aromatic nitrogens is 4. The van der Waals surface area contributed by atoms with E-state index in [1.165, 1.54) is 0 Å². The summed E-state index contributed by atoms with van der Waals surface area (Å²) in [5.74, 6) is 0.135. The highest BCUT2D eigenvalue weighted by molar-refractivity contribution is 6.04. The van der Waals surface area contributed by atoms with Crippen LogP contribution < -0.4 is 10.6 Å². The van der Waals surface area contributed by atoms with Crippen molar-refractivity contribution in [3.63, 3.8) is 0 Å². The largest absolute Gasteiger partial charge is 0.366 e. The van der Waals surface area contributed by atoms with Crippen molar-refractivity contribution in [2.24, 2.45) is 5.73 Å². The van der Waals surface area contributed by atoms with E-state index in [-0.39, 0.29) is 5.91 Å². The summed E-state index contributed by atoms with van der Waals surface area (Å²) in [5.41, 5.74) is 6.29. The molecular formula is C19H21N7O2. The highest BCUT2D eigenvalue weighted by atomic mass is 16.2. The Labute approximate surface area is 161 Å². The highest BCUT2D eigenvalue weighted by Gasteiger charge is 2.27. The molecule has 3 heterocycles. The molecule has 3 aromatic rings. The predicted octanol–water partition coefficient (Wildman–Crippen LogP) is 0.835. The lowest BCUT2D eigenvalue weighted by Gasteiger charge is -2.35. The van der Waals surface area contributed by atoms with Crippen LogP contribution in [0.5, 0.6) is 0 Å². The van der Waals surface area contributed by atoms with E-state index in [1.54, 1.807) is 41.5 Å². The zero-order valence-corrected chi connectivity index (χ0v) is 15.5. The molecule has 0 bridgehead atoms. The minimum absolute atomic E-state index is 0.0120. The SMILES string of the molecule is CC(C(=O)N1CCN(c2ncccn2)CC1)n1cc2cccc(C(N)=O)c2n1. The molecule has 2 amide bonds. The zero-order valence-electron chi connectivity index (χ0n) is 15.5. The van der Waals surface area contributed by atoms with Gasteiger partial charge in [-0.1, -0.05) is 12.1 Å². The van der Waals surface area contributed by atoms with Crippen molar-refractivity contribution in [3.05, 3.63) is 48.4 Å². The molecule has 2 aromatic heterocycles. The number of nitrogens with zero attached hydrogens (tertiary/aromatic N) is 6. The third-order valence-corrected chi connectivity index (χ3v) is 5.00. The number of amides is 2. The van der Waals surface area contributed by atoms with Crippen LogP contribution >= 0.6 is 0 Å². The lowest BCUT2D eigenvalue weighted by Crippen LogP contribution is -2.50. The maximum atomic E-state index is 13.0. The van der Waals surface area contributed by atoms with E-state index in [2.05, 4.69) is 20.0 Å². The van der Waals surface area contributed by atoms with Crippen LogP contribution in [0.1, 0.15) is 23.3 Å². The molecule has 1 aliphatic heterocycles. The Morgan fingerprint density at radius 1 is 1.07 bits per heavy atom. The maximum Gasteiger partial charge on any atom is 0.250 e. The van der Waals surface area contributed by atoms with E-state index >= 15 is 0 Å². The minimum atomic E-state index is -0.533. The van der Waals surface area contributed by atoms with Crippen LogP contribution in [0.25, 0.3) is 10.9 Å². The molecule has 1 unspecified atom stereocenters. The monoisotopic (exact) mass is 379 g/mol. The zero-order chi connectivity index (χ0) is 19.7. The molecular weight excluding hydrogens is 358 g/mol. The maximum absolute atomic E-state index is 13.0. The average molecular weight is 379 g/mol. The van der Waals surface area contributed by atoms with Crippen LogP contribution in [0.3, 0.4) is 0 Å². The molecule has 1 saturated heterocycles. The summed E-state index contributed by atoms with van der Waals surface area (Å²) >= 11 is 0. The summed E-state index contributed by atoms with van der Waals surface area (Å²) in [4.78, 5) is 37.0. The Morgan fingerprint density at radius 2 is 1.79 bits per heavy atom. The van der Waals surface area contributed by atoms with Crippen molar-refractivity contribution in [1.82, 2.24) is 24.6 Å². The third kappa shape index (κ3) is 3.26. The van der Waals surface area contributed by atoms with Gasteiger partial charge in [0.15, 0.2) is 0 Å². The van der Waals surface area contributed by atoms with Crippen LogP contribution in [0.2, 0.25) is 0 Å². The van der Waals surface area contributed by atoms with Gasteiger partial charge in [0.1, 0.15) is 11.6 Å². The van der Waals surface area contributed by atoms with E-state index in [0.29, 0.717) is 43.2 Å². The Kier molecular flexibility index (Phi) is 4.64. The molecule has 2 N–H and O–H groups in total. The first-order chi connectivity index (χ1) is 13.5. The Balaban J connectivity index is 1.48. The quantitative estimate of drug-likeness (QED) is 0.719. The number of carbonyl (C=O) groups is 2. The fourth-order valence-electron chi connectivity index (χ4n) is 3.42. The number of benzene rings is 1. The van der Waals surface area contributed by atoms with Crippen LogP contribution in [0.15, 0.2) is 42.9 Å². The molecule has 0 aliphatic carbocycles. The van der Waals surface area contributed by atoms with Crippen molar-refractivity contribution < 1.29 is 9.59 Å². The first-order valence-electron chi connectivity index (χ1n) is 9.13. The van der Waals surface area contributed by atoms with Crippen LogP contribution in [0.4, 0.5) is 5.95 Å². The van der Waals surface area contributed by atoms with Crippen molar-refractivity contribution in [3.8, 4) is 0 Å². The lowest BCUT2D eigenvalue weighted by molar-refractivity contribution is -0.134. The first kappa shape index (κ1) is 17.9. The van der Waals surface area contributed by atoms with Gasteiger partial charge in [0, 0.05) is 50.2 Å². The summed E-state index contributed by atoms with van der Waals surface area (Å²) in [5, 5.41) is 5.23. The topological polar surface area (TPSA) is 110 Å². The Hall–Kier alpha value is -3.49. The Morgan fingerprint density at radius 3 is 2.46 bits per heavy atom. The van der Waals surface area contributed by atoms with Gasteiger partial charge in [0.2, 0.25) is 11.9 Å². The fraction of sp³-hybridized carbons (Fsp3) is 0.316. The minimum Gasteiger partial charge on any atom is -0.366 e. The molecule has 4 rings (SSSR count). The molecule has 0 radical (unpaired) electrons. The van der Waals surface area contributed by atoms with Crippen molar-refractivity contribution in [2.75, 3.05) is 31.1 Å². The normalized spacial score (nSPS) is 15.6. The van der Waals surface area contributed by atoms with E-state index in [1.807, 2.05) is 17.9 Å². The summed E-state index contributed by atoms with van der Waals surface area (Å²) in [6.07, 6.45) is 5.20. The average Bonchev–Trinajstić information content (AvgIpc) is 3.17. The van der Waals surface area contributed by atoms with Crippen LogP contribution in [0, 0.1) is 0 Å². The number of fused-ring (bicyclic) bond motifs is 1. The lowest BCUT2D eigenvalue weighted by atomic mass is 10.1. The van der Waals surface area contributed by atoms with E-state index in [0.717, 1.165) is 5.39 Å². The van der Waals surface area contributed by atoms with Crippen molar-refractivity contribution >= 4 is 28.7 Å². The first-order valence-corrected chi connectivity index (χ1v) is 9.13. The molecule has 0 saturated carbocycles. The summed E-state index contributed by atoms with van der Waals surface area (Å²) in [7, 11) is 0. The number of carbonyl (C=O) groups excluding carboxylic acids is 2. The van der Waals surface area contributed by atoms with Crippen molar-refractivity contribution in [2.45, 2.75) is 13.0 Å². The van der Waals surface area contributed by atoms with Gasteiger partial charge in [0.25, 0.3) is 5.91 Å². The number of rotatable bonds is 4. The van der Waals surface area contributed by atoms with Gasteiger partial charge in [-0.05, 0) is 19.1 Å². The summed E-state index contributed by atoms with van der Waals surface area (Å²) < 4.78 is 1.60. The molecule has 9 heteroatoms. The van der Waals surface area contributed by atoms with E-state index in [4.69, 9.17) is 5.73 Å². The fourth-order valence-corrected chi connectivity index (χ4v) is 3.42. The molecule has 144 valence electrons. The van der Waals surface area contributed by atoms with Crippen molar-refractivity contribution in [1.29, 1.82) is 0 Å². The number of anilines is 1. The van der Waals surface area contributed by atoms with Gasteiger partial charge in [-0.25, -0.2) is 9.97 Å². The number of piperazine rings is 1. The summed E-state index contributed by atoms with van der Waals surface area (Å²) in [6.45, 7) is 4.35. The van der Waals surface area contributed by atoms with E-state index < -0.39 is 11.9 Å². The number of hydrogen-bond acceptors (Lipinski definition) is 6. The highest BCUT2D eigenvalue weighted by Crippen LogP contribution is 2.21.